The third-order valence-corrected chi connectivity index (χ3v) is 10.1. The fraction of sp³-hybridized carbons (Fsp3) is 0.156. The number of aryl methyl sites for hydroxylation is 1. The monoisotopic (exact) mass is 596 g/mol. The van der Waals surface area contributed by atoms with Gasteiger partial charge in [0.25, 0.3) is 0 Å². The van der Waals surface area contributed by atoms with Gasteiger partial charge in [-0.1, -0.05) is 72.8 Å². The number of benzene rings is 3. The highest BCUT2D eigenvalue weighted by atomic mass is 32.2. The Bertz CT molecular complexity index is 1650. The maximum absolute atomic E-state index is 13.6. The number of allylic oxidation sites excluding steroid dienone is 2. The number of rotatable bonds is 6. The quantitative estimate of drug-likeness (QED) is 0.219. The number of thioether (sulfide) groups is 2. The number of amides is 3. The molecule has 1 aromatic heterocycles. The molecule has 2 aliphatic rings. The fourth-order valence-corrected chi connectivity index (χ4v) is 7.86. The molecule has 3 amide bonds. The van der Waals surface area contributed by atoms with Crippen LogP contribution in [0.5, 0.6) is 0 Å². The summed E-state index contributed by atoms with van der Waals surface area (Å²) in [4.78, 5) is 36.2. The molecule has 3 unspecified atom stereocenters. The van der Waals surface area contributed by atoms with Crippen molar-refractivity contribution in [1.82, 2.24) is 4.98 Å². The van der Waals surface area contributed by atoms with E-state index >= 15 is 0 Å². The summed E-state index contributed by atoms with van der Waals surface area (Å²) in [5.41, 5.74) is 3.50. The molecular weight excluding hydrogens is 569 g/mol. The second kappa shape index (κ2) is 12.0. The SMILES string of the molecule is Cc1sc(NC(=O)C(C)Sc2cccc(NC(=O)N3c4ccccc4SC4C=CC=CC43)c2)nc1-c1ccccc1. The minimum absolute atomic E-state index is 0.0712. The Morgan fingerprint density at radius 2 is 1.73 bits per heavy atom. The topological polar surface area (TPSA) is 74.3 Å². The summed E-state index contributed by atoms with van der Waals surface area (Å²) in [6.45, 7) is 3.88. The van der Waals surface area contributed by atoms with Crippen molar-refractivity contribution in [2.45, 2.75) is 40.2 Å². The van der Waals surface area contributed by atoms with E-state index in [-0.39, 0.29) is 28.5 Å². The van der Waals surface area contributed by atoms with Crippen molar-refractivity contribution in [3.8, 4) is 11.3 Å². The van der Waals surface area contributed by atoms with Crippen LogP contribution in [0, 0.1) is 6.92 Å². The molecule has 206 valence electrons. The Morgan fingerprint density at radius 1 is 0.951 bits per heavy atom. The van der Waals surface area contributed by atoms with Crippen LogP contribution in [0.1, 0.15) is 11.8 Å². The highest BCUT2D eigenvalue weighted by Crippen LogP contribution is 2.43. The molecule has 0 radical (unpaired) electrons. The van der Waals surface area contributed by atoms with Crippen LogP contribution in [0.2, 0.25) is 0 Å². The summed E-state index contributed by atoms with van der Waals surface area (Å²) in [6.07, 6.45) is 8.25. The number of anilines is 3. The van der Waals surface area contributed by atoms with Crippen molar-refractivity contribution in [3.63, 3.8) is 0 Å². The standard InChI is InChI=1S/C32H28N4O2S3/c1-20-29(22-11-4-3-5-12-22)34-31(40-20)35-30(37)21(2)39-24-14-10-13-23(19-24)33-32(38)36-25-15-6-8-17-27(25)41-28-18-9-7-16-26(28)36/h3-19,21,25,27H,1-2H3,(H,33,38)(H,34,35,37). The molecule has 41 heavy (non-hydrogen) atoms. The van der Waals surface area contributed by atoms with Gasteiger partial charge in [-0.3, -0.25) is 9.69 Å². The second-order valence-electron chi connectivity index (χ2n) is 9.68. The highest BCUT2D eigenvalue weighted by molar-refractivity contribution is 8.00. The fourth-order valence-electron chi connectivity index (χ4n) is 4.83. The maximum Gasteiger partial charge on any atom is 0.326 e. The average Bonchev–Trinajstić information content (AvgIpc) is 3.35. The Balaban J connectivity index is 1.13. The van der Waals surface area contributed by atoms with Crippen LogP contribution in [0.15, 0.2) is 113 Å². The van der Waals surface area contributed by atoms with Gasteiger partial charge in [0.2, 0.25) is 5.91 Å². The Hall–Kier alpha value is -3.79. The van der Waals surface area contributed by atoms with E-state index in [9.17, 15) is 9.59 Å². The minimum atomic E-state index is -0.365. The van der Waals surface area contributed by atoms with E-state index in [0.717, 1.165) is 31.6 Å². The van der Waals surface area contributed by atoms with Crippen molar-refractivity contribution in [2.24, 2.45) is 0 Å². The number of nitrogens with zero attached hydrogens (tertiary/aromatic N) is 2. The van der Waals surface area contributed by atoms with Gasteiger partial charge in [-0.15, -0.1) is 34.9 Å². The first kappa shape index (κ1) is 27.4. The third kappa shape index (κ3) is 5.98. The number of carbonyl (C=O) groups is 2. The van der Waals surface area contributed by atoms with Gasteiger partial charge in [-0.05, 0) is 44.2 Å². The second-order valence-corrected chi connectivity index (χ2v) is 13.5. The van der Waals surface area contributed by atoms with Gasteiger partial charge in [-0.2, -0.15) is 0 Å². The predicted octanol–water partition coefficient (Wildman–Crippen LogP) is 8.25. The lowest BCUT2D eigenvalue weighted by Gasteiger charge is -2.40. The first-order valence-corrected chi connectivity index (χ1v) is 15.9. The Labute approximate surface area is 252 Å². The van der Waals surface area contributed by atoms with Crippen LogP contribution >= 0.6 is 34.9 Å². The molecule has 4 aromatic rings. The number of fused-ring (bicyclic) bond motifs is 2. The van der Waals surface area contributed by atoms with Crippen molar-refractivity contribution in [1.29, 1.82) is 0 Å². The van der Waals surface area contributed by atoms with Crippen molar-refractivity contribution in [3.05, 3.63) is 108 Å². The number of nitrogens with one attached hydrogen (secondary N) is 2. The van der Waals surface area contributed by atoms with E-state index in [1.807, 2.05) is 104 Å². The van der Waals surface area contributed by atoms with Gasteiger partial charge < -0.3 is 10.6 Å². The zero-order valence-corrected chi connectivity index (χ0v) is 24.9. The van der Waals surface area contributed by atoms with Gasteiger partial charge in [0.1, 0.15) is 0 Å². The van der Waals surface area contributed by atoms with Crippen LogP contribution in [-0.2, 0) is 4.79 Å². The van der Waals surface area contributed by atoms with Gasteiger partial charge in [0.15, 0.2) is 5.13 Å². The molecule has 3 aromatic carbocycles. The van der Waals surface area contributed by atoms with Crippen LogP contribution in [0.25, 0.3) is 11.3 Å². The van der Waals surface area contributed by atoms with Gasteiger partial charge in [-0.25, -0.2) is 9.78 Å². The normalized spacial score (nSPS) is 17.9. The highest BCUT2D eigenvalue weighted by Gasteiger charge is 2.36. The zero-order valence-electron chi connectivity index (χ0n) is 22.5. The maximum atomic E-state index is 13.6. The number of para-hydroxylation sites is 1. The number of aromatic nitrogens is 1. The molecule has 1 aliphatic heterocycles. The molecule has 0 spiro atoms. The average molecular weight is 597 g/mol. The third-order valence-electron chi connectivity index (χ3n) is 6.80. The largest absolute Gasteiger partial charge is 0.326 e. The number of carbonyl (C=O) groups excluding carboxylic acids is 2. The van der Waals surface area contributed by atoms with Gasteiger partial charge >= 0.3 is 6.03 Å². The van der Waals surface area contributed by atoms with E-state index in [0.29, 0.717) is 10.8 Å². The van der Waals surface area contributed by atoms with E-state index in [1.54, 1.807) is 11.8 Å². The summed E-state index contributed by atoms with van der Waals surface area (Å²) in [6, 6.07) is 25.3. The van der Waals surface area contributed by atoms with Crippen LogP contribution in [-0.4, -0.2) is 33.5 Å². The molecule has 6 nitrogen and oxygen atoms in total. The molecule has 6 rings (SSSR count). The lowest BCUT2D eigenvalue weighted by molar-refractivity contribution is -0.115. The van der Waals surface area contributed by atoms with E-state index < -0.39 is 0 Å². The molecule has 0 saturated heterocycles. The predicted molar refractivity (Wildman–Crippen MR) is 172 cm³/mol. The van der Waals surface area contributed by atoms with E-state index in [1.165, 1.54) is 23.1 Å². The summed E-state index contributed by atoms with van der Waals surface area (Å²) < 4.78 is 0. The molecule has 2 N–H and O–H groups in total. The summed E-state index contributed by atoms with van der Waals surface area (Å²) in [7, 11) is 0. The first-order valence-electron chi connectivity index (χ1n) is 13.3. The number of urea groups is 1. The molecule has 0 bridgehead atoms. The van der Waals surface area contributed by atoms with Gasteiger partial charge in [0, 0.05) is 25.9 Å². The summed E-state index contributed by atoms with van der Waals surface area (Å²) >= 11 is 4.69. The molecule has 0 saturated carbocycles. The van der Waals surface area contributed by atoms with Crippen LogP contribution in [0.4, 0.5) is 21.3 Å². The molecule has 1 aliphatic carbocycles. The van der Waals surface area contributed by atoms with Crippen LogP contribution in [0.3, 0.4) is 0 Å². The number of thiazole rings is 1. The lowest BCUT2D eigenvalue weighted by Crippen LogP contribution is -2.49. The number of hydrogen-bond acceptors (Lipinski definition) is 6. The molecule has 2 heterocycles. The van der Waals surface area contributed by atoms with Crippen LogP contribution < -0.4 is 15.5 Å². The summed E-state index contributed by atoms with van der Waals surface area (Å²) in [5.74, 6) is -0.122. The van der Waals surface area contributed by atoms with Crippen molar-refractivity contribution in [2.75, 3.05) is 15.5 Å². The lowest BCUT2D eigenvalue weighted by atomic mass is 10.1. The Morgan fingerprint density at radius 3 is 2.59 bits per heavy atom. The van der Waals surface area contributed by atoms with Crippen molar-refractivity contribution < 1.29 is 9.59 Å². The van der Waals surface area contributed by atoms with Gasteiger partial charge in [0.05, 0.1) is 27.9 Å². The molecule has 9 heteroatoms. The molecular formula is C32H28N4O2S3. The number of hydrogen-bond donors (Lipinski definition) is 2. The molecule has 3 atom stereocenters. The smallest absolute Gasteiger partial charge is 0.307 e. The zero-order chi connectivity index (χ0) is 28.3. The minimum Gasteiger partial charge on any atom is -0.307 e. The Kier molecular flexibility index (Phi) is 8.00. The molecule has 0 fully saturated rings. The van der Waals surface area contributed by atoms with E-state index in [4.69, 9.17) is 0 Å². The van der Waals surface area contributed by atoms with Crippen molar-refractivity contribution >= 4 is 63.3 Å². The summed E-state index contributed by atoms with van der Waals surface area (Å²) in [5, 5.41) is 6.45. The van der Waals surface area contributed by atoms with E-state index in [2.05, 4.69) is 33.8 Å². The first-order chi connectivity index (χ1) is 20.0.